The van der Waals surface area contributed by atoms with Crippen molar-refractivity contribution in [2.75, 3.05) is 7.11 Å². The Bertz CT molecular complexity index is 582. The average Bonchev–Trinajstić information content (AvgIpc) is 2.92. The van der Waals surface area contributed by atoms with Crippen LogP contribution >= 0.6 is 11.8 Å². The lowest BCUT2D eigenvalue weighted by molar-refractivity contribution is 0.376. The fourth-order valence-corrected chi connectivity index (χ4v) is 3.86. The number of hydrazine groups is 1. The fraction of sp³-hybridized carbons (Fsp3) is 0.286. The number of hydrogen-bond acceptors (Lipinski definition) is 6. The van der Waals surface area contributed by atoms with E-state index in [-0.39, 0.29) is 11.3 Å². The van der Waals surface area contributed by atoms with Crippen LogP contribution in [0.25, 0.3) is 0 Å². The van der Waals surface area contributed by atoms with Gasteiger partial charge in [-0.05, 0) is 18.1 Å². The normalized spacial score (nSPS) is 18.6. The van der Waals surface area contributed by atoms with Crippen LogP contribution in [-0.2, 0) is 6.42 Å². The molecule has 1 aromatic heterocycles. The van der Waals surface area contributed by atoms with E-state index in [1.807, 2.05) is 11.8 Å². The van der Waals surface area contributed by atoms with Crippen molar-refractivity contribution in [3.05, 3.63) is 47.9 Å². The second-order valence-corrected chi connectivity index (χ2v) is 5.84. The molecule has 2 unspecified atom stereocenters. The van der Waals surface area contributed by atoms with Gasteiger partial charge in [-0.1, -0.05) is 18.2 Å². The largest absolute Gasteiger partial charge is 0.480 e. The Balaban J connectivity index is 1.89. The summed E-state index contributed by atoms with van der Waals surface area (Å²) in [6.07, 6.45) is 4.23. The monoisotopic (exact) mass is 288 g/mol. The molecule has 1 aromatic carbocycles. The summed E-state index contributed by atoms with van der Waals surface area (Å²) < 4.78 is 5.29. The lowest BCUT2D eigenvalue weighted by atomic mass is 10.0. The highest BCUT2D eigenvalue weighted by Crippen LogP contribution is 2.42. The molecular formula is C14H16N4OS. The molecule has 1 aliphatic heterocycles. The predicted octanol–water partition coefficient (Wildman–Crippen LogP) is 1.71. The molecule has 104 valence electrons. The number of rotatable bonds is 4. The highest BCUT2D eigenvalue weighted by atomic mass is 32.2. The number of methoxy groups -OCH3 is 1. The maximum Gasteiger partial charge on any atom is 0.237 e. The molecule has 2 aromatic rings. The molecule has 0 saturated carbocycles. The van der Waals surface area contributed by atoms with Crippen LogP contribution in [0.4, 0.5) is 0 Å². The molecule has 0 fully saturated rings. The maximum absolute atomic E-state index is 5.76. The molecule has 0 bridgehead atoms. The van der Waals surface area contributed by atoms with Crippen molar-refractivity contribution >= 4 is 11.8 Å². The molecule has 5 nitrogen and oxygen atoms in total. The van der Waals surface area contributed by atoms with Gasteiger partial charge in [0.25, 0.3) is 0 Å². The maximum atomic E-state index is 5.76. The lowest BCUT2D eigenvalue weighted by Gasteiger charge is -2.22. The number of benzene rings is 1. The van der Waals surface area contributed by atoms with E-state index < -0.39 is 0 Å². The van der Waals surface area contributed by atoms with E-state index in [9.17, 15) is 0 Å². The Morgan fingerprint density at radius 1 is 1.35 bits per heavy atom. The van der Waals surface area contributed by atoms with Gasteiger partial charge in [0.05, 0.1) is 13.2 Å². The molecule has 3 rings (SSSR count). The summed E-state index contributed by atoms with van der Waals surface area (Å²) in [5.41, 5.74) is 4.97. The van der Waals surface area contributed by atoms with Gasteiger partial charge in [-0.2, -0.15) is 0 Å². The zero-order valence-electron chi connectivity index (χ0n) is 11.1. The molecule has 0 radical (unpaired) electrons. The summed E-state index contributed by atoms with van der Waals surface area (Å²) >= 11 is 1.82. The third kappa shape index (κ3) is 2.37. The molecule has 3 N–H and O–H groups in total. The molecular weight excluding hydrogens is 272 g/mol. The summed E-state index contributed by atoms with van der Waals surface area (Å²) in [4.78, 5) is 9.89. The number of nitrogens with one attached hydrogen (secondary N) is 1. The Morgan fingerprint density at radius 2 is 2.15 bits per heavy atom. The predicted molar refractivity (Wildman–Crippen MR) is 78.4 cm³/mol. The van der Waals surface area contributed by atoms with Gasteiger partial charge in [0.2, 0.25) is 5.88 Å². The fourth-order valence-electron chi connectivity index (χ4n) is 2.46. The summed E-state index contributed by atoms with van der Waals surface area (Å²) in [7, 11) is 1.59. The van der Waals surface area contributed by atoms with Gasteiger partial charge in [0.1, 0.15) is 5.69 Å². The first-order chi connectivity index (χ1) is 9.83. The van der Waals surface area contributed by atoms with Crippen LogP contribution in [0, 0.1) is 0 Å². The number of thioether (sulfide) groups is 1. The summed E-state index contributed by atoms with van der Waals surface area (Å²) in [6.45, 7) is 0. The van der Waals surface area contributed by atoms with E-state index >= 15 is 0 Å². The van der Waals surface area contributed by atoms with Crippen LogP contribution < -0.4 is 16.0 Å². The molecule has 20 heavy (non-hydrogen) atoms. The number of hydrogen-bond donors (Lipinski definition) is 2. The van der Waals surface area contributed by atoms with E-state index in [1.54, 1.807) is 19.5 Å². The molecule has 0 amide bonds. The molecule has 0 aliphatic carbocycles. The number of nitrogens with zero attached hydrogens (tertiary/aromatic N) is 2. The summed E-state index contributed by atoms with van der Waals surface area (Å²) in [5.74, 6) is 6.28. The van der Waals surface area contributed by atoms with Crippen molar-refractivity contribution in [3.8, 4) is 5.88 Å². The van der Waals surface area contributed by atoms with Crippen LogP contribution in [0.1, 0.15) is 17.3 Å². The second-order valence-electron chi connectivity index (χ2n) is 4.56. The minimum atomic E-state index is -0.101. The van der Waals surface area contributed by atoms with Crippen LogP contribution in [0.5, 0.6) is 5.88 Å². The zero-order valence-corrected chi connectivity index (χ0v) is 11.9. The number of nitrogens with two attached hydrogens (primary N) is 1. The zero-order chi connectivity index (χ0) is 13.9. The second kappa shape index (κ2) is 5.78. The molecule has 2 heterocycles. The Labute approximate surface area is 121 Å². The smallest absolute Gasteiger partial charge is 0.237 e. The highest BCUT2D eigenvalue weighted by Gasteiger charge is 2.32. The number of ether oxygens (including phenoxy) is 1. The van der Waals surface area contributed by atoms with Gasteiger partial charge in [0.15, 0.2) is 0 Å². The lowest BCUT2D eigenvalue weighted by Crippen LogP contribution is -2.36. The molecule has 0 saturated heterocycles. The average molecular weight is 288 g/mol. The SMILES string of the molecule is COc1nccnc1C(NN)C1Cc2ccccc2S1. The first-order valence-corrected chi connectivity index (χ1v) is 7.27. The first kappa shape index (κ1) is 13.4. The van der Waals surface area contributed by atoms with Gasteiger partial charge in [0, 0.05) is 22.5 Å². The van der Waals surface area contributed by atoms with Crippen molar-refractivity contribution in [2.24, 2.45) is 5.84 Å². The Morgan fingerprint density at radius 3 is 2.90 bits per heavy atom. The van der Waals surface area contributed by atoms with E-state index in [0.717, 1.165) is 12.1 Å². The van der Waals surface area contributed by atoms with Gasteiger partial charge >= 0.3 is 0 Å². The Kier molecular flexibility index (Phi) is 3.86. The summed E-state index contributed by atoms with van der Waals surface area (Å²) in [6, 6.07) is 8.32. The molecule has 0 spiro atoms. The van der Waals surface area contributed by atoms with Crippen molar-refractivity contribution < 1.29 is 4.74 Å². The van der Waals surface area contributed by atoms with Crippen LogP contribution in [-0.4, -0.2) is 22.3 Å². The van der Waals surface area contributed by atoms with Crippen molar-refractivity contribution in [1.82, 2.24) is 15.4 Å². The summed E-state index contributed by atoms with van der Waals surface area (Å²) in [5, 5.41) is 0.281. The van der Waals surface area contributed by atoms with Crippen molar-refractivity contribution in [1.29, 1.82) is 0 Å². The van der Waals surface area contributed by atoms with Crippen molar-refractivity contribution in [3.63, 3.8) is 0 Å². The topological polar surface area (TPSA) is 73.1 Å². The number of fused-ring (bicyclic) bond motifs is 1. The Hall–Kier alpha value is -1.63. The van der Waals surface area contributed by atoms with Crippen LogP contribution in [0.15, 0.2) is 41.6 Å². The van der Waals surface area contributed by atoms with E-state index in [1.165, 1.54) is 10.5 Å². The van der Waals surface area contributed by atoms with Crippen LogP contribution in [0.3, 0.4) is 0 Å². The quantitative estimate of drug-likeness (QED) is 0.659. The van der Waals surface area contributed by atoms with Gasteiger partial charge < -0.3 is 4.74 Å². The van der Waals surface area contributed by atoms with Gasteiger partial charge in [-0.25, -0.2) is 4.98 Å². The van der Waals surface area contributed by atoms with E-state index in [2.05, 4.69) is 39.7 Å². The third-order valence-corrected chi connectivity index (χ3v) is 4.80. The van der Waals surface area contributed by atoms with E-state index in [0.29, 0.717) is 5.88 Å². The van der Waals surface area contributed by atoms with Crippen LogP contribution in [0.2, 0.25) is 0 Å². The first-order valence-electron chi connectivity index (χ1n) is 6.39. The molecule has 6 heteroatoms. The number of aromatic nitrogens is 2. The van der Waals surface area contributed by atoms with Crippen molar-refractivity contribution in [2.45, 2.75) is 22.6 Å². The highest BCUT2D eigenvalue weighted by molar-refractivity contribution is 8.00. The minimum absolute atomic E-state index is 0.101. The minimum Gasteiger partial charge on any atom is -0.480 e. The molecule has 2 atom stereocenters. The third-order valence-electron chi connectivity index (χ3n) is 3.40. The van der Waals surface area contributed by atoms with E-state index in [4.69, 9.17) is 10.6 Å². The molecule has 1 aliphatic rings. The van der Waals surface area contributed by atoms with Gasteiger partial charge in [-0.3, -0.25) is 16.3 Å². The van der Waals surface area contributed by atoms with Gasteiger partial charge in [-0.15, -0.1) is 11.8 Å². The standard InChI is InChI=1S/C14H16N4OS/c1-19-14-13(16-6-7-17-14)12(18-15)11-8-9-4-2-3-5-10(9)20-11/h2-7,11-12,18H,8,15H2,1H3.